The second kappa shape index (κ2) is 10.6. The summed E-state index contributed by atoms with van der Waals surface area (Å²) in [5.41, 5.74) is 3.95. The number of amides is 1. The summed E-state index contributed by atoms with van der Waals surface area (Å²) in [5, 5.41) is 7.16. The normalized spacial score (nSPS) is 21.8. The molecular weight excluding hydrogens is 458 g/mol. The summed E-state index contributed by atoms with van der Waals surface area (Å²) < 4.78 is 8.18. The van der Waals surface area contributed by atoms with E-state index in [9.17, 15) is 4.79 Å². The second-order valence-corrected chi connectivity index (χ2v) is 9.54. The van der Waals surface area contributed by atoms with Crippen LogP contribution >= 0.6 is 12.2 Å². The topological polar surface area (TPSA) is 71.4 Å². The lowest BCUT2D eigenvalue weighted by Gasteiger charge is -2.29. The largest absolute Gasteiger partial charge is 0.376 e. The Morgan fingerprint density at radius 3 is 2.83 bits per heavy atom. The highest BCUT2D eigenvalue weighted by molar-refractivity contribution is 7.80. The molecule has 1 amide bonds. The van der Waals surface area contributed by atoms with Crippen molar-refractivity contribution in [2.24, 2.45) is 0 Å². The Morgan fingerprint density at radius 1 is 1.20 bits per heavy atom. The number of benzene rings is 1. The van der Waals surface area contributed by atoms with Crippen LogP contribution in [0.5, 0.6) is 0 Å². The Bertz CT molecular complexity index is 1180. The van der Waals surface area contributed by atoms with E-state index < -0.39 is 0 Å². The number of nitrogens with zero attached hydrogens (tertiary/aromatic N) is 3. The molecule has 182 valence electrons. The van der Waals surface area contributed by atoms with Crippen LogP contribution in [0.1, 0.15) is 48.3 Å². The molecule has 4 heterocycles. The van der Waals surface area contributed by atoms with E-state index in [2.05, 4.69) is 43.4 Å². The van der Waals surface area contributed by atoms with E-state index in [1.165, 1.54) is 0 Å². The monoisotopic (exact) mass is 489 g/mol. The molecule has 3 atom stereocenters. The fourth-order valence-corrected chi connectivity index (χ4v) is 5.32. The lowest BCUT2D eigenvalue weighted by molar-refractivity contribution is -0.116. The number of rotatable bonds is 8. The van der Waals surface area contributed by atoms with Crippen LogP contribution in [-0.2, 0) is 16.1 Å². The predicted octanol–water partition coefficient (Wildman–Crippen LogP) is 4.37. The van der Waals surface area contributed by atoms with Gasteiger partial charge in [0.1, 0.15) is 0 Å². The van der Waals surface area contributed by atoms with Crippen LogP contribution in [0, 0.1) is 6.92 Å². The number of nitrogens with one attached hydrogen (secondary N) is 2. The van der Waals surface area contributed by atoms with Gasteiger partial charge in [-0.2, -0.15) is 0 Å². The molecule has 2 aliphatic heterocycles. The van der Waals surface area contributed by atoms with E-state index in [4.69, 9.17) is 17.0 Å². The standard InChI is InChI=1S/C27H31N5O2S/c1-19-8-2-3-10-21(19)29-24(33)13-16-32-26(25(30-27(32)35)22-11-4-5-14-28-22)23-12-6-15-31(23)18-20-9-7-17-34-20/h2-6,8,10-12,14-15,20,25-26H,7,9,13,16-18H2,1H3,(H,29,33)(H,30,35)/t20-,25-,26+/m0/s1. The van der Waals surface area contributed by atoms with Gasteiger partial charge in [0.15, 0.2) is 5.11 Å². The Hall–Kier alpha value is -3.23. The van der Waals surface area contributed by atoms with Crippen LogP contribution in [0.25, 0.3) is 0 Å². The highest BCUT2D eigenvalue weighted by Gasteiger charge is 2.41. The van der Waals surface area contributed by atoms with Crippen molar-refractivity contribution in [2.45, 2.75) is 50.9 Å². The number of aryl methyl sites for hydroxylation is 1. The number of aromatic nitrogens is 2. The van der Waals surface area contributed by atoms with E-state index >= 15 is 0 Å². The molecule has 0 unspecified atom stereocenters. The van der Waals surface area contributed by atoms with Gasteiger partial charge in [0.05, 0.1) is 23.9 Å². The van der Waals surface area contributed by atoms with Gasteiger partial charge in [0, 0.05) is 49.9 Å². The highest BCUT2D eigenvalue weighted by atomic mass is 32.1. The van der Waals surface area contributed by atoms with Gasteiger partial charge in [-0.05, 0) is 67.9 Å². The summed E-state index contributed by atoms with van der Waals surface area (Å²) in [6.45, 7) is 4.13. The Balaban J connectivity index is 1.38. The maximum Gasteiger partial charge on any atom is 0.226 e. The van der Waals surface area contributed by atoms with Gasteiger partial charge in [-0.15, -0.1) is 0 Å². The number of thiocarbonyl (C=S) groups is 1. The van der Waals surface area contributed by atoms with Crippen LogP contribution < -0.4 is 10.6 Å². The summed E-state index contributed by atoms with van der Waals surface area (Å²) in [6, 6.07) is 17.8. The smallest absolute Gasteiger partial charge is 0.226 e. The van der Waals surface area contributed by atoms with Crippen LogP contribution in [-0.4, -0.2) is 44.7 Å². The van der Waals surface area contributed by atoms with Gasteiger partial charge >= 0.3 is 0 Å². The Kier molecular flexibility index (Phi) is 7.11. The Labute approximate surface area is 211 Å². The number of hydrogen-bond acceptors (Lipinski definition) is 4. The first kappa shape index (κ1) is 23.5. The number of anilines is 1. The number of hydrogen-bond donors (Lipinski definition) is 2. The molecule has 2 aromatic heterocycles. The zero-order valence-electron chi connectivity index (χ0n) is 19.9. The molecule has 2 fully saturated rings. The summed E-state index contributed by atoms with van der Waals surface area (Å²) in [4.78, 5) is 19.6. The predicted molar refractivity (Wildman–Crippen MR) is 140 cm³/mol. The molecule has 0 saturated carbocycles. The first-order chi connectivity index (χ1) is 17.1. The molecule has 2 aliphatic rings. The van der Waals surface area contributed by atoms with E-state index in [1.807, 2.05) is 49.4 Å². The molecule has 5 rings (SSSR count). The molecule has 8 heteroatoms. The summed E-state index contributed by atoms with van der Waals surface area (Å²) >= 11 is 5.78. The molecule has 0 aliphatic carbocycles. The van der Waals surface area contributed by atoms with Crippen molar-refractivity contribution in [1.29, 1.82) is 0 Å². The van der Waals surface area contributed by atoms with Crippen molar-refractivity contribution in [2.75, 3.05) is 18.5 Å². The van der Waals surface area contributed by atoms with Crippen LogP contribution in [0.15, 0.2) is 67.0 Å². The average molecular weight is 490 g/mol. The van der Waals surface area contributed by atoms with Gasteiger partial charge in [-0.3, -0.25) is 9.78 Å². The van der Waals surface area contributed by atoms with Gasteiger partial charge in [0.2, 0.25) is 5.91 Å². The van der Waals surface area contributed by atoms with Crippen LogP contribution in [0.3, 0.4) is 0 Å². The molecule has 0 bridgehead atoms. The van der Waals surface area contributed by atoms with Crippen molar-refractivity contribution < 1.29 is 9.53 Å². The first-order valence-corrected chi connectivity index (χ1v) is 12.6. The summed E-state index contributed by atoms with van der Waals surface area (Å²) in [6.07, 6.45) is 6.65. The molecule has 2 saturated heterocycles. The van der Waals surface area contributed by atoms with E-state index in [0.29, 0.717) is 18.1 Å². The lowest BCUT2D eigenvalue weighted by Crippen LogP contribution is -2.33. The van der Waals surface area contributed by atoms with Crippen molar-refractivity contribution >= 4 is 28.9 Å². The lowest BCUT2D eigenvalue weighted by atomic mass is 10.0. The molecule has 3 aromatic rings. The van der Waals surface area contributed by atoms with Crippen molar-refractivity contribution in [3.05, 3.63) is 83.9 Å². The van der Waals surface area contributed by atoms with Gasteiger partial charge in [0.25, 0.3) is 0 Å². The fourth-order valence-electron chi connectivity index (χ4n) is 4.99. The van der Waals surface area contributed by atoms with Crippen molar-refractivity contribution in [3.8, 4) is 0 Å². The van der Waals surface area contributed by atoms with Crippen LogP contribution in [0.4, 0.5) is 5.69 Å². The molecule has 0 radical (unpaired) electrons. The van der Waals surface area contributed by atoms with Crippen molar-refractivity contribution in [3.63, 3.8) is 0 Å². The van der Waals surface area contributed by atoms with Crippen LogP contribution in [0.2, 0.25) is 0 Å². The van der Waals surface area contributed by atoms with E-state index in [1.54, 1.807) is 6.20 Å². The minimum atomic E-state index is -0.110. The number of para-hydroxylation sites is 1. The highest BCUT2D eigenvalue weighted by Crippen LogP contribution is 2.39. The zero-order valence-corrected chi connectivity index (χ0v) is 20.7. The fraction of sp³-hybridized carbons (Fsp3) is 0.370. The molecule has 35 heavy (non-hydrogen) atoms. The third-order valence-corrected chi connectivity index (χ3v) is 7.14. The minimum absolute atomic E-state index is 0.0307. The van der Waals surface area contributed by atoms with Crippen molar-refractivity contribution in [1.82, 2.24) is 19.8 Å². The second-order valence-electron chi connectivity index (χ2n) is 9.15. The molecule has 2 N–H and O–H groups in total. The van der Waals surface area contributed by atoms with Gasteiger partial charge < -0.3 is 24.8 Å². The SMILES string of the molecule is Cc1ccccc1NC(=O)CCN1C(=S)N[C@@H](c2ccccn2)[C@H]1c1cccn1C[C@@H]1CCCO1. The minimum Gasteiger partial charge on any atom is -0.376 e. The maximum absolute atomic E-state index is 12.8. The summed E-state index contributed by atoms with van der Waals surface area (Å²) in [7, 11) is 0. The molecule has 0 spiro atoms. The number of ether oxygens (including phenoxy) is 1. The third kappa shape index (κ3) is 5.23. The maximum atomic E-state index is 12.8. The van der Waals surface area contributed by atoms with Gasteiger partial charge in [-0.1, -0.05) is 24.3 Å². The average Bonchev–Trinajstić information content (AvgIpc) is 3.61. The number of carbonyl (C=O) groups is 1. The first-order valence-electron chi connectivity index (χ1n) is 12.2. The third-order valence-electron chi connectivity index (χ3n) is 6.79. The van der Waals surface area contributed by atoms with E-state index in [0.717, 1.165) is 48.6 Å². The van der Waals surface area contributed by atoms with E-state index in [-0.39, 0.29) is 24.1 Å². The quantitative estimate of drug-likeness (QED) is 0.458. The summed E-state index contributed by atoms with van der Waals surface area (Å²) in [5.74, 6) is -0.0307. The molecule has 1 aromatic carbocycles. The zero-order chi connectivity index (χ0) is 24.2. The number of carbonyl (C=O) groups excluding carboxylic acids is 1. The number of pyridine rings is 1. The molecule has 7 nitrogen and oxygen atoms in total. The molecular formula is C27H31N5O2S. The Morgan fingerprint density at radius 2 is 2.06 bits per heavy atom. The van der Waals surface area contributed by atoms with Gasteiger partial charge in [-0.25, -0.2) is 0 Å².